The molecule has 1 aliphatic carbocycles. The van der Waals surface area contributed by atoms with E-state index in [9.17, 15) is 13.2 Å². The lowest BCUT2D eigenvalue weighted by Gasteiger charge is -2.40. The van der Waals surface area contributed by atoms with Gasteiger partial charge in [0.2, 0.25) is 12.4 Å². The summed E-state index contributed by atoms with van der Waals surface area (Å²) < 4.78 is 41.4. The second-order valence-corrected chi connectivity index (χ2v) is 4.60. The van der Waals surface area contributed by atoms with Gasteiger partial charge in [0.15, 0.2) is 5.82 Å². The van der Waals surface area contributed by atoms with Crippen LogP contribution in [0.1, 0.15) is 25.0 Å². The molecule has 3 rings (SSSR count). The minimum atomic E-state index is -2.54. The van der Waals surface area contributed by atoms with E-state index in [0.717, 1.165) is 10.6 Å². The molecule has 2 heterocycles. The Balaban J connectivity index is 2.26. The van der Waals surface area contributed by atoms with Crippen LogP contribution in [0.15, 0.2) is 12.3 Å². The summed E-state index contributed by atoms with van der Waals surface area (Å²) >= 11 is 0. The van der Waals surface area contributed by atoms with E-state index < -0.39 is 17.7 Å². The third-order valence-electron chi connectivity index (χ3n) is 3.66. The maximum atomic E-state index is 13.7. The molecule has 2 aromatic rings. The first kappa shape index (κ1) is 11.3. The van der Waals surface area contributed by atoms with E-state index in [2.05, 4.69) is 10.1 Å². The smallest absolute Gasteiger partial charge is 0.249 e. The van der Waals surface area contributed by atoms with Gasteiger partial charge in [-0.2, -0.15) is 0 Å². The van der Waals surface area contributed by atoms with E-state index in [1.165, 1.54) is 6.20 Å². The molecule has 0 aromatic carbocycles. The fourth-order valence-corrected chi connectivity index (χ4v) is 2.46. The molecule has 4 nitrogen and oxygen atoms in total. The summed E-state index contributed by atoms with van der Waals surface area (Å²) in [5, 5.41) is 3.84. The van der Waals surface area contributed by atoms with Gasteiger partial charge in [-0.3, -0.25) is 0 Å². The Labute approximate surface area is 101 Å². The number of hydrogen-bond acceptors (Lipinski definition) is 3. The Bertz CT molecular complexity index is 604. The highest BCUT2D eigenvalue weighted by molar-refractivity contribution is 5.51. The number of anilines is 1. The largest absolute Gasteiger partial charge is 0.367 e. The van der Waals surface area contributed by atoms with Crippen molar-refractivity contribution >= 4 is 11.5 Å². The number of nitrogen functional groups attached to an aromatic ring is 1. The Morgan fingerprint density at radius 3 is 2.67 bits per heavy atom. The fraction of sp³-hybridized carbons (Fsp3) is 0.455. The van der Waals surface area contributed by atoms with Crippen LogP contribution in [-0.4, -0.2) is 21.0 Å². The van der Waals surface area contributed by atoms with E-state index >= 15 is 0 Å². The van der Waals surface area contributed by atoms with Crippen molar-refractivity contribution in [3.05, 3.63) is 23.8 Å². The summed E-state index contributed by atoms with van der Waals surface area (Å²) in [6, 6.07) is 1.12. The highest BCUT2D eigenvalue weighted by Gasteiger charge is 2.49. The van der Waals surface area contributed by atoms with E-state index in [1.54, 1.807) is 0 Å². The molecule has 1 saturated carbocycles. The van der Waals surface area contributed by atoms with Gasteiger partial charge >= 0.3 is 0 Å². The maximum Gasteiger partial charge on any atom is 0.249 e. The molecule has 0 bridgehead atoms. The first-order chi connectivity index (χ1) is 8.54. The molecule has 18 heavy (non-hydrogen) atoms. The van der Waals surface area contributed by atoms with E-state index in [4.69, 9.17) is 5.73 Å². The first-order valence-electron chi connectivity index (χ1n) is 5.63. The zero-order chi connectivity index (χ0) is 12.9. The molecular formula is C11H11F3N4. The lowest BCUT2D eigenvalue weighted by molar-refractivity contribution is -0.00288. The molecule has 0 radical (unpaired) electrons. The second-order valence-electron chi connectivity index (χ2n) is 4.60. The van der Waals surface area contributed by atoms with E-state index in [1.807, 2.05) is 0 Å². The molecule has 2 N–H and O–H groups in total. The quantitative estimate of drug-likeness (QED) is 0.895. The Morgan fingerprint density at radius 1 is 1.39 bits per heavy atom. The van der Waals surface area contributed by atoms with E-state index in [0.29, 0.717) is 19.3 Å². The monoisotopic (exact) mass is 256 g/mol. The summed E-state index contributed by atoms with van der Waals surface area (Å²) in [5.74, 6) is -0.667. The number of rotatable bonds is 2. The summed E-state index contributed by atoms with van der Waals surface area (Å²) in [7, 11) is 0. The van der Waals surface area contributed by atoms with Gasteiger partial charge in [0.1, 0.15) is 5.52 Å². The molecule has 0 amide bonds. The van der Waals surface area contributed by atoms with Crippen molar-refractivity contribution in [2.75, 3.05) is 5.73 Å². The van der Waals surface area contributed by atoms with Crippen molar-refractivity contribution in [3.8, 4) is 0 Å². The Hall–Kier alpha value is -1.79. The van der Waals surface area contributed by atoms with Crippen LogP contribution in [0.2, 0.25) is 0 Å². The van der Waals surface area contributed by atoms with Crippen LogP contribution in [0.5, 0.6) is 0 Å². The SMILES string of the molecule is Nc1ncc2c(F)cc(C3(C(F)F)CCC3)n2n1. The third kappa shape index (κ3) is 1.33. The van der Waals surface area contributed by atoms with Crippen molar-refractivity contribution in [1.29, 1.82) is 0 Å². The van der Waals surface area contributed by atoms with Gasteiger partial charge in [0.05, 0.1) is 17.3 Å². The predicted octanol–water partition coefficient (Wildman–Crippen LogP) is 2.14. The number of aromatic nitrogens is 3. The summed E-state index contributed by atoms with van der Waals surface area (Å²) in [5.41, 5.74) is 4.39. The molecule has 0 saturated heterocycles. The number of fused-ring (bicyclic) bond motifs is 1. The summed E-state index contributed by atoms with van der Waals surface area (Å²) in [4.78, 5) is 3.67. The van der Waals surface area contributed by atoms with Crippen molar-refractivity contribution in [2.24, 2.45) is 0 Å². The van der Waals surface area contributed by atoms with Crippen molar-refractivity contribution in [1.82, 2.24) is 14.6 Å². The van der Waals surface area contributed by atoms with Crippen molar-refractivity contribution < 1.29 is 13.2 Å². The van der Waals surface area contributed by atoms with Crippen molar-refractivity contribution in [2.45, 2.75) is 31.1 Å². The predicted molar refractivity (Wildman–Crippen MR) is 58.9 cm³/mol. The first-order valence-corrected chi connectivity index (χ1v) is 5.63. The normalized spacial score (nSPS) is 18.2. The molecule has 1 aliphatic rings. The number of nitrogens with zero attached hydrogens (tertiary/aromatic N) is 3. The summed E-state index contributed by atoms with van der Waals surface area (Å²) in [6.07, 6.45) is 0.0406. The molecule has 2 aromatic heterocycles. The highest BCUT2D eigenvalue weighted by atomic mass is 19.3. The van der Waals surface area contributed by atoms with Crippen LogP contribution in [0.25, 0.3) is 5.52 Å². The van der Waals surface area contributed by atoms with Gasteiger partial charge in [-0.1, -0.05) is 6.42 Å². The molecule has 1 fully saturated rings. The minimum Gasteiger partial charge on any atom is -0.367 e. The number of hydrogen-bond donors (Lipinski definition) is 1. The third-order valence-corrected chi connectivity index (χ3v) is 3.66. The molecule has 0 atom stereocenters. The van der Waals surface area contributed by atoms with Crippen molar-refractivity contribution in [3.63, 3.8) is 0 Å². The van der Waals surface area contributed by atoms with Crippen LogP contribution >= 0.6 is 0 Å². The summed E-state index contributed by atoms with van der Waals surface area (Å²) in [6.45, 7) is 0. The average molecular weight is 256 g/mol. The fourth-order valence-electron chi connectivity index (χ4n) is 2.46. The van der Waals surface area contributed by atoms with Gasteiger partial charge < -0.3 is 5.73 Å². The standard InChI is InChI=1S/C11H11F3N4/c12-6-4-8(11(9(13)14)2-1-3-11)18-7(6)5-16-10(15)17-18/h4-5,9H,1-3H2,(H2,15,17). The van der Waals surface area contributed by atoms with E-state index in [-0.39, 0.29) is 17.2 Å². The number of alkyl halides is 2. The zero-order valence-electron chi connectivity index (χ0n) is 9.41. The minimum absolute atomic E-state index is 0.0666. The molecule has 0 spiro atoms. The van der Waals surface area contributed by atoms with Crippen LogP contribution < -0.4 is 5.73 Å². The number of nitrogens with two attached hydrogens (primary N) is 1. The maximum absolute atomic E-state index is 13.7. The highest BCUT2D eigenvalue weighted by Crippen LogP contribution is 2.48. The average Bonchev–Trinajstić information content (AvgIpc) is 2.54. The van der Waals surface area contributed by atoms with Gasteiger partial charge in [-0.15, -0.1) is 5.10 Å². The lowest BCUT2D eigenvalue weighted by Crippen LogP contribution is -2.42. The molecule has 7 heteroatoms. The number of halogens is 3. The van der Waals surface area contributed by atoms with Crippen LogP contribution in [0, 0.1) is 5.82 Å². The molecule has 0 aliphatic heterocycles. The van der Waals surface area contributed by atoms with Gasteiger partial charge in [0.25, 0.3) is 0 Å². The Morgan fingerprint density at radius 2 is 2.11 bits per heavy atom. The van der Waals surface area contributed by atoms with Crippen LogP contribution in [0.4, 0.5) is 19.1 Å². The molecular weight excluding hydrogens is 245 g/mol. The van der Waals surface area contributed by atoms with Crippen LogP contribution in [-0.2, 0) is 5.41 Å². The molecule has 96 valence electrons. The van der Waals surface area contributed by atoms with Gasteiger partial charge in [-0.05, 0) is 18.9 Å². The van der Waals surface area contributed by atoms with Gasteiger partial charge in [-0.25, -0.2) is 22.7 Å². The Kier molecular flexibility index (Phi) is 2.26. The second kappa shape index (κ2) is 3.60. The van der Waals surface area contributed by atoms with Gasteiger partial charge in [0, 0.05) is 0 Å². The van der Waals surface area contributed by atoms with Crippen LogP contribution in [0.3, 0.4) is 0 Å². The lowest BCUT2D eigenvalue weighted by atomic mass is 9.67. The zero-order valence-corrected chi connectivity index (χ0v) is 9.41. The topological polar surface area (TPSA) is 56.2 Å². The molecule has 0 unspecified atom stereocenters.